The van der Waals surface area contributed by atoms with E-state index in [1.54, 1.807) is 6.08 Å². The Kier molecular flexibility index (Phi) is 6.45. The van der Waals surface area contributed by atoms with Crippen LogP contribution >= 0.6 is 0 Å². The van der Waals surface area contributed by atoms with Gasteiger partial charge in [0, 0.05) is 6.42 Å². The van der Waals surface area contributed by atoms with Gasteiger partial charge in [-0.25, -0.2) is 4.79 Å². The molecule has 0 aromatic rings. The monoisotopic (exact) mass is 199 g/mol. The van der Waals surface area contributed by atoms with Crippen LogP contribution in [0.5, 0.6) is 0 Å². The van der Waals surface area contributed by atoms with Crippen LogP contribution < -0.4 is 5.32 Å². The molecule has 2 N–H and O–H groups in total. The van der Waals surface area contributed by atoms with Crippen molar-refractivity contribution in [2.75, 3.05) is 0 Å². The van der Waals surface area contributed by atoms with Crippen molar-refractivity contribution in [2.24, 2.45) is 0 Å². The summed E-state index contributed by atoms with van der Waals surface area (Å²) in [6.45, 7) is 5.37. The highest BCUT2D eigenvalue weighted by Gasteiger charge is 2.17. The molecular weight excluding hydrogens is 182 g/mol. The molecule has 1 amide bonds. The quantitative estimate of drug-likeness (QED) is 0.608. The molecule has 0 unspecified atom stereocenters. The third kappa shape index (κ3) is 5.35. The Morgan fingerprint density at radius 3 is 2.64 bits per heavy atom. The lowest BCUT2D eigenvalue weighted by molar-refractivity contribution is -0.142. The molecule has 0 aliphatic carbocycles. The van der Waals surface area contributed by atoms with Crippen LogP contribution in [-0.4, -0.2) is 23.0 Å². The molecule has 0 aromatic heterocycles. The van der Waals surface area contributed by atoms with Gasteiger partial charge in [0.2, 0.25) is 5.91 Å². The Bertz CT molecular complexity index is 213. The van der Waals surface area contributed by atoms with E-state index in [1.165, 1.54) is 0 Å². The smallest absolute Gasteiger partial charge is 0.326 e. The number of carbonyl (C=O) groups excluding carboxylic acids is 1. The molecule has 0 spiro atoms. The fraction of sp³-hybridized carbons (Fsp3) is 0.600. The number of allylic oxidation sites excluding steroid dienone is 1. The summed E-state index contributed by atoms with van der Waals surface area (Å²) in [6, 6.07) is -0.752. The predicted molar refractivity (Wildman–Crippen MR) is 53.9 cm³/mol. The molecule has 0 aliphatic rings. The lowest BCUT2D eigenvalue weighted by Gasteiger charge is -2.12. The van der Waals surface area contributed by atoms with Crippen molar-refractivity contribution in [3.8, 4) is 0 Å². The number of hydrogen-bond donors (Lipinski definition) is 2. The third-order valence-electron chi connectivity index (χ3n) is 1.79. The van der Waals surface area contributed by atoms with E-state index in [4.69, 9.17) is 5.11 Å². The molecule has 0 fully saturated rings. The largest absolute Gasteiger partial charge is 0.480 e. The summed E-state index contributed by atoms with van der Waals surface area (Å²) in [5.74, 6) is -1.20. The molecule has 4 heteroatoms. The van der Waals surface area contributed by atoms with Crippen LogP contribution in [0.1, 0.15) is 32.6 Å². The molecule has 0 bridgehead atoms. The number of hydrogen-bond acceptors (Lipinski definition) is 2. The number of amides is 1. The van der Waals surface area contributed by atoms with Gasteiger partial charge in [-0.1, -0.05) is 19.4 Å². The van der Waals surface area contributed by atoms with Crippen LogP contribution in [0.3, 0.4) is 0 Å². The maximum Gasteiger partial charge on any atom is 0.326 e. The van der Waals surface area contributed by atoms with Crippen molar-refractivity contribution in [3.05, 3.63) is 12.7 Å². The number of carboxylic acids is 1. The second kappa shape index (κ2) is 7.12. The Balaban J connectivity index is 3.95. The van der Waals surface area contributed by atoms with Crippen molar-refractivity contribution in [1.29, 1.82) is 0 Å². The van der Waals surface area contributed by atoms with Gasteiger partial charge in [-0.2, -0.15) is 0 Å². The Hall–Kier alpha value is -1.32. The minimum absolute atomic E-state index is 0.231. The van der Waals surface area contributed by atoms with Crippen molar-refractivity contribution < 1.29 is 14.7 Å². The zero-order valence-corrected chi connectivity index (χ0v) is 8.45. The molecule has 4 nitrogen and oxygen atoms in total. The zero-order valence-electron chi connectivity index (χ0n) is 8.45. The van der Waals surface area contributed by atoms with E-state index in [2.05, 4.69) is 11.9 Å². The van der Waals surface area contributed by atoms with Gasteiger partial charge < -0.3 is 10.4 Å². The number of aliphatic carboxylic acids is 1. The highest BCUT2D eigenvalue weighted by atomic mass is 16.4. The zero-order chi connectivity index (χ0) is 11.0. The lowest BCUT2D eigenvalue weighted by Crippen LogP contribution is -2.40. The molecular formula is C10H17NO3. The summed E-state index contributed by atoms with van der Waals surface area (Å²) in [4.78, 5) is 21.8. The normalized spacial score (nSPS) is 11.8. The van der Waals surface area contributed by atoms with E-state index in [0.29, 0.717) is 19.3 Å². The van der Waals surface area contributed by atoms with Crippen LogP contribution in [-0.2, 0) is 9.59 Å². The summed E-state index contributed by atoms with van der Waals surface area (Å²) in [6.07, 6.45) is 3.71. The fourth-order valence-electron chi connectivity index (χ4n) is 1.05. The van der Waals surface area contributed by atoms with E-state index < -0.39 is 12.0 Å². The minimum Gasteiger partial charge on any atom is -0.480 e. The first kappa shape index (κ1) is 12.7. The first-order valence-corrected chi connectivity index (χ1v) is 4.74. The first-order chi connectivity index (χ1) is 6.61. The summed E-state index contributed by atoms with van der Waals surface area (Å²) in [7, 11) is 0. The Labute approximate surface area is 84.0 Å². The van der Waals surface area contributed by atoms with Gasteiger partial charge in [0.05, 0.1) is 0 Å². The van der Waals surface area contributed by atoms with Crippen LogP contribution in [0.4, 0.5) is 0 Å². The standard InChI is InChI=1S/C10H17NO3/c1-3-5-7-9(12)11-8(6-4-2)10(13)14/h3,8H,1,4-7H2,2H3,(H,11,12)(H,13,14)/t8-/m1/s1. The highest BCUT2D eigenvalue weighted by molar-refractivity contribution is 5.83. The summed E-state index contributed by atoms with van der Waals surface area (Å²) in [5, 5.41) is 11.2. The van der Waals surface area contributed by atoms with Crippen LogP contribution in [0.25, 0.3) is 0 Å². The van der Waals surface area contributed by atoms with Crippen molar-refractivity contribution in [2.45, 2.75) is 38.6 Å². The minimum atomic E-state index is -0.973. The number of carbonyl (C=O) groups is 2. The molecule has 0 saturated heterocycles. The van der Waals surface area contributed by atoms with Crippen molar-refractivity contribution in [1.82, 2.24) is 5.32 Å². The number of carboxylic acid groups (broad SMARTS) is 1. The Morgan fingerprint density at radius 2 is 2.21 bits per heavy atom. The first-order valence-electron chi connectivity index (χ1n) is 4.74. The van der Waals surface area contributed by atoms with Gasteiger partial charge in [-0.05, 0) is 12.8 Å². The second-order valence-electron chi connectivity index (χ2n) is 3.07. The lowest BCUT2D eigenvalue weighted by atomic mass is 10.1. The van der Waals surface area contributed by atoms with Gasteiger partial charge >= 0.3 is 5.97 Å². The summed E-state index contributed by atoms with van der Waals surface area (Å²) >= 11 is 0. The van der Waals surface area contributed by atoms with Crippen LogP contribution in [0.2, 0.25) is 0 Å². The molecule has 80 valence electrons. The number of rotatable bonds is 7. The van der Waals surface area contributed by atoms with E-state index in [-0.39, 0.29) is 5.91 Å². The Morgan fingerprint density at radius 1 is 1.57 bits per heavy atom. The van der Waals surface area contributed by atoms with E-state index >= 15 is 0 Å². The third-order valence-corrected chi connectivity index (χ3v) is 1.79. The second-order valence-corrected chi connectivity index (χ2v) is 3.07. The van der Waals surface area contributed by atoms with Gasteiger partial charge in [-0.3, -0.25) is 4.79 Å². The van der Waals surface area contributed by atoms with Gasteiger partial charge in [0.1, 0.15) is 6.04 Å². The average molecular weight is 199 g/mol. The predicted octanol–water partition coefficient (Wildman–Crippen LogP) is 1.32. The average Bonchev–Trinajstić information content (AvgIpc) is 2.14. The topological polar surface area (TPSA) is 66.4 Å². The molecule has 0 radical (unpaired) electrons. The summed E-state index contributed by atoms with van der Waals surface area (Å²) < 4.78 is 0. The van der Waals surface area contributed by atoms with Crippen molar-refractivity contribution >= 4 is 11.9 Å². The fourth-order valence-corrected chi connectivity index (χ4v) is 1.05. The number of nitrogens with one attached hydrogen (secondary N) is 1. The van der Waals surface area contributed by atoms with Crippen molar-refractivity contribution in [3.63, 3.8) is 0 Å². The molecule has 0 saturated carbocycles. The summed E-state index contributed by atoms with van der Waals surface area (Å²) in [5.41, 5.74) is 0. The maximum absolute atomic E-state index is 11.2. The molecule has 0 aliphatic heterocycles. The van der Waals surface area contributed by atoms with Crippen LogP contribution in [0.15, 0.2) is 12.7 Å². The molecule has 1 atom stereocenters. The van der Waals surface area contributed by atoms with E-state index in [9.17, 15) is 9.59 Å². The van der Waals surface area contributed by atoms with Gasteiger partial charge in [0.25, 0.3) is 0 Å². The van der Waals surface area contributed by atoms with E-state index in [1.807, 2.05) is 6.92 Å². The SMILES string of the molecule is C=CCCC(=O)N[C@H](CCC)C(=O)O. The molecule has 0 aromatic carbocycles. The maximum atomic E-state index is 11.2. The van der Waals surface area contributed by atoms with E-state index in [0.717, 1.165) is 6.42 Å². The van der Waals surface area contributed by atoms with Gasteiger partial charge in [-0.15, -0.1) is 6.58 Å². The van der Waals surface area contributed by atoms with Gasteiger partial charge in [0.15, 0.2) is 0 Å². The van der Waals surface area contributed by atoms with Crippen LogP contribution in [0, 0.1) is 0 Å². The molecule has 0 rings (SSSR count). The highest BCUT2D eigenvalue weighted by Crippen LogP contribution is 1.98. The molecule has 14 heavy (non-hydrogen) atoms. The molecule has 0 heterocycles.